The van der Waals surface area contributed by atoms with Crippen molar-refractivity contribution in [2.45, 2.75) is 77.6 Å². The fourth-order valence-corrected chi connectivity index (χ4v) is 3.27. The van der Waals surface area contributed by atoms with E-state index in [0.717, 1.165) is 19.5 Å². The molecule has 1 saturated carbocycles. The van der Waals surface area contributed by atoms with Gasteiger partial charge in [0.25, 0.3) is 0 Å². The largest absolute Gasteiger partial charge is 0.356 e. The van der Waals surface area contributed by atoms with Crippen LogP contribution in [0, 0.1) is 11.8 Å². The molecule has 1 aliphatic carbocycles. The third kappa shape index (κ3) is 7.28. The number of amides is 1. The summed E-state index contributed by atoms with van der Waals surface area (Å²) in [5.74, 6) is 1.49. The zero-order valence-electron chi connectivity index (χ0n) is 13.3. The summed E-state index contributed by atoms with van der Waals surface area (Å²) in [6.07, 6.45) is 13.3. The van der Waals surface area contributed by atoms with E-state index >= 15 is 0 Å². The normalized spacial score (nSPS) is 22.1. The Hall–Kier alpha value is -0.570. The van der Waals surface area contributed by atoms with E-state index in [0.29, 0.717) is 18.3 Å². The van der Waals surface area contributed by atoms with Crippen LogP contribution in [0.4, 0.5) is 0 Å². The van der Waals surface area contributed by atoms with Gasteiger partial charge in [-0.05, 0) is 37.6 Å². The summed E-state index contributed by atoms with van der Waals surface area (Å²) in [6, 6.07) is 0. The molecule has 1 rings (SSSR count). The Morgan fingerprint density at radius 1 is 1.05 bits per heavy atom. The molecule has 0 heterocycles. The van der Waals surface area contributed by atoms with Crippen LogP contribution in [-0.4, -0.2) is 19.0 Å². The highest BCUT2D eigenvalue weighted by molar-refractivity contribution is 5.75. The predicted octanol–water partition coefficient (Wildman–Crippen LogP) is 3.62. The van der Waals surface area contributed by atoms with Gasteiger partial charge in [0.05, 0.1) is 0 Å². The van der Waals surface area contributed by atoms with E-state index in [1.807, 2.05) is 0 Å². The SMILES string of the molecule is CCCCCCCCCC(=O)NCC1CCCC1CN. The van der Waals surface area contributed by atoms with E-state index in [2.05, 4.69) is 12.2 Å². The minimum absolute atomic E-state index is 0.237. The molecule has 1 aliphatic rings. The summed E-state index contributed by atoms with van der Waals surface area (Å²) < 4.78 is 0. The maximum atomic E-state index is 11.8. The van der Waals surface area contributed by atoms with E-state index in [1.165, 1.54) is 57.8 Å². The Balaban J connectivity index is 1.95. The van der Waals surface area contributed by atoms with Gasteiger partial charge < -0.3 is 11.1 Å². The molecule has 0 saturated heterocycles. The van der Waals surface area contributed by atoms with Crippen LogP contribution in [-0.2, 0) is 4.79 Å². The Kier molecular flexibility index (Phi) is 9.73. The minimum atomic E-state index is 0.237. The topological polar surface area (TPSA) is 55.1 Å². The molecule has 0 radical (unpaired) electrons. The highest BCUT2D eigenvalue weighted by Gasteiger charge is 2.25. The van der Waals surface area contributed by atoms with Crippen LogP contribution < -0.4 is 11.1 Å². The highest BCUT2D eigenvalue weighted by atomic mass is 16.1. The maximum absolute atomic E-state index is 11.8. The quantitative estimate of drug-likeness (QED) is 0.569. The average Bonchev–Trinajstić information content (AvgIpc) is 2.91. The molecule has 118 valence electrons. The van der Waals surface area contributed by atoms with Crippen LogP contribution in [0.25, 0.3) is 0 Å². The zero-order chi connectivity index (χ0) is 14.6. The Morgan fingerprint density at radius 3 is 2.40 bits per heavy atom. The monoisotopic (exact) mass is 282 g/mol. The van der Waals surface area contributed by atoms with Crippen LogP contribution >= 0.6 is 0 Å². The van der Waals surface area contributed by atoms with Gasteiger partial charge in [-0.25, -0.2) is 0 Å². The van der Waals surface area contributed by atoms with Gasteiger partial charge in [-0.2, -0.15) is 0 Å². The summed E-state index contributed by atoms with van der Waals surface area (Å²) in [6.45, 7) is 3.86. The summed E-state index contributed by atoms with van der Waals surface area (Å²) in [5.41, 5.74) is 5.77. The molecule has 0 aromatic rings. The lowest BCUT2D eigenvalue weighted by atomic mass is 9.96. The van der Waals surface area contributed by atoms with Crippen molar-refractivity contribution < 1.29 is 4.79 Å². The number of rotatable bonds is 11. The van der Waals surface area contributed by atoms with Crippen molar-refractivity contribution in [3.05, 3.63) is 0 Å². The molecule has 1 fully saturated rings. The number of hydrogen-bond acceptors (Lipinski definition) is 2. The van der Waals surface area contributed by atoms with Crippen LogP contribution in [0.3, 0.4) is 0 Å². The van der Waals surface area contributed by atoms with Gasteiger partial charge in [0.2, 0.25) is 5.91 Å². The molecular weight excluding hydrogens is 248 g/mol. The molecule has 1 amide bonds. The molecule has 0 aromatic carbocycles. The zero-order valence-corrected chi connectivity index (χ0v) is 13.3. The van der Waals surface area contributed by atoms with Crippen LogP contribution in [0.5, 0.6) is 0 Å². The van der Waals surface area contributed by atoms with Gasteiger partial charge >= 0.3 is 0 Å². The second-order valence-corrected chi connectivity index (χ2v) is 6.36. The lowest BCUT2D eigenvalue weighted by molar-refractivity contribution is -0.121. The third-order valence-corrected chi connectivity index (χ3v) is 4.69. The number of carbonyl (C=O) groups is 1. The lowest BCUT2D eigenvalue weighted by Crippen LogP contribution is -2.32. The maximum Gasteiger partial charge on any atom is 0.220 e. The second-order valence-electron chi connectivity index (χ2n) is 6.36. The third-order valence-electron chi connectivity index (χ3n) is 4.69. The summed E-state index contributed by atoms with van der Waals surface area (Å²) in [7, 11) is 0. The van der Waals surface area contributed by atoms with Gasteiger partial charge in [0.1, 0.15) is 0 Å². The Bertz CT molecular complexity index is 255. The predicted molar refractivity (Wildman–Crippen MR) is 85.5 cm³/mol. The van der Waals surface area contributed by atoms with E-state index in [1.54, 1.807) is 0 Å². The second kappa shape index (κ2) is 11.1. The number of carbonyl (C=O) groups excluding carboxylic acids is 1. The van der Waals surface area contributed by atoms with E-state index in [4.69, 9.17) is 5.73 Å². The summed E-state index contributed by atoms with van der Waals surface area (Å²) in [4.78, 5) is 11.8. The van der Waals surface area contributed by atoms with Crippen LogP contribution in [0.1, 0.15) is 77.6 Å². The molecule has 2 atom stereocenters. The smallest absolute Gasteiger partial charge is 0.220 e. The molecule has 0 spiro atoms. The van der Waals surface area contributed by atoms with E-state index in [-0.39, 0.29) is 5.91 Å². The first-order chi connectivity index (χ1) is 9.77. The summed E-state index contributed by atoms with van der Waals surface area (Å²) >= 11 is 0. The fourth-order valence-electron chi connectivity index (χ4n) is 3.27. The Morgan fingerprint density at radius 2 is 1.70 bits per heavy atom. The molecular formula is C17H34N2O. The van der Waals surface area contributed by atoms with Crippen molar-refractivity contribution in [1.29, 1.82) is 0 Å². The molecule has 0 aliphatic heterocycles. The van der Waals surface area contributed by atoms with Gasteiger partial charge in [-0.1, -0.05) is 51.9 Å². The molecule has 0 aromatic heterocycles. The van der Waals surface area contributed by atoms with Gasteiger partial charge in [0, 0.05) is 13.0 Å². The van der Waals surface area contributed by atoms with Crippen molar-refractivity contribution in [2.75, 3.05) is 13.1 Å². The summed E-state index contributed by atoms with van der Waals surface area (Å²) in [5, 5.41) is 3.11. The molecule has 0 bridgehead atoms. The van der Waals surface area contributed by atoms with Crippen molar-refractivity contribution in [3.63, 3.8) is 0 Å². The molecule has 20 heavy (non-hydrogen) atoms. The molecule has 3 N–H and O–H groups in total. The molecule has 2 unspecified atom stereocenters. The van der Waals surface area contributed by atoms with Gasteiger partial charge in [0.15, 0.2) is 0 Å². The van der Waals surface area contributed by atoms with E-state index < -0.39 is 0 Å². The first kappa shape index (κ1) is 17.5. The van der Waals surface area contributed by atoms with Gasteiger partial charge in [-0.15, -0.1) is 0 Å². The van der Waals surface area contributed by atoms with Crippen molar-refractivity contribution >= 4 is 5.91 Å². The molecule has 3 heteroatoms. The number of unbranched alkanes of at least 4 members (excludes halogenated alkanes) is 6. The fraction of sp³-hybridized carbons (Fsp3) is 0.941. The number of hydrogen-bond donors (Lipinski definition) is 2. The van der Waals surface area contributed by atoms with Gasteiger partial charge in [-0.3, -0.25) is 4.79 Å². The lowest BCUT2D eigenvalue weighted by Gasteiger charge is -2.18. The average molecular weight is 282 g/mol. The standard InChI is InChI=1S/C17H34N2O/c1-2-3-4-5-6-7-8-12-17(20)19-14-16-11-9-10-15(16)13-18/h15-16H,2-14,18H2,1H3,(H,19,20). The Labute approximate surface area is 125 Å². The number of nitrogens with one attached hydrogen (secondary N) is 1. The first-order valence-electron chi connectivity index (χ1n) is 8.74. The van der Waals surface area contributed by atoms with Crippen molar-refractivity contribution in [2.24, 2.45) is 17.6 Å². The van der Waals surface area contributed by atoms with E-state index in [9.17, 15) is 4.79 Å². The van der Waals surface area contributed by atoms with Crippen molar-refractivity contribution in [3.8, 4) is 0 Å². The van der Waals surface area contributed by atoms with Crippen molar-refractivity contribution in [1.82, 2.24) is 5.32 Å². The highest BCUT2D eigenvalue weighted by Crippen LogP contribution is 2.30. The molecule has 3 nitrogen and oxygen atoms in total. The minimum Gasteiger partial charge on any atom is -0.356 e. The first-order valence-corrected chi connectivity index (χ1v) is 8.74. The van der Waals surface area contributed by atoms with Crippen LogP contribution in [0.2, 0.25) is 0 Å². The van der Waals surface area contributed by atoms with Crippen LogP contribution in [0.15, 0.2) is 0 Å². The number of nitrogens with two attached hydrogens (primary N) is 1.